The number of carbonyl (C=O) groups excluding carboxylic acids is 2. The highest BCUT2D eigenvalue weighted by Crippen LogP contribution is 2.36. The van der Waals surface area contributed by atoms with Crippen LogP contribution in [0.3, 0.4) is 0 Å². The summed E-state index contributed by atoms with van der Waals surface area (Å²) in [6.45, 7) is 0.105. The van der Waals surface area contributed by atoms with Crippen LogP contribution in [-0.4, -0.2) is 30.3 Å². The highest BCUT2D eigenvalue weighted by Gasteiger charge is 2.44. The molecule has 0 spiro atoms. The first kappa shape index (κ1) is 19.8. The lowest BCUT2D eigenvalue weighted by Crippen LogP contribution is -2.33. The molecule has 9 heteroatoms. The minimum atomic E-state index is -4.51. The van der Waals surface area contributed by atoms with Crippen LogP contribution in [0, 0.1) is 17.6 Å². The smallest absolute Gasteiger partial charge is 0.344 e. The average molecular weight is 398 g/mol. The van der Waals surface area contributed by atoms with E-state index in [2.05, 4.69) is 5.32 Å². The SMILES string of the molecule is CN1C[C@H](c2ccc(C(F)(F)F)cc2)[C@@H](C(=O)Nc2cccc(F)c2F)C1=O. The number of rotatable bonds is 3. The van der Waals surface area contributed by atoms with Gasteiger partial charge in [0.25, 0.3) is 0 Å². The molecule has 148 valence electrons. The van der Waals surface area contributed by atoms with Gasteiger partial charge in [0.15, 0.2) is 11.6 Å². The molecule has 1 N–H and O–H groups in total. The van der Waals surface area contributed by atoms with Crippen molar-refractivity contribution in [3.63, 3.8) is 0 Å². The van der Waals surface area contributed by atoms with Crippen molar-refractivity contribution < 1.29 is 31.5 Å². The van der Waals surface area contributed by atoms with Gasteiger partial charge in [0.05, 0.1) is 11.3 Å². The zero-order valence-electron chi connectivity index (χ0n) is 14.6. The number of nitrogens with zero attached hydrogens (tertiary/aromatic N) is 1. The molecule has 1 aliphatic rings. The van der Waals surface area contributed by atoms with E-state index in [4.69, 9.17) is 0 Å². The normalized spacial score (nSPS) is 19.8. The van der Waals surface area contributed by atoms with Crippen LogP contribution in [0.1, 0.15) is 17.0 Å². The third-order valence-corrected chi connectivity index (χ3v) is 4.67. The van der Waals surface area contributed by atoms with Crippen molar-refractivity contribution in [3.8, 4) is 0 Å². The Hall–Kier alpha value is -2.97. The number of carbonyl (C=O) groups is 2. The number of halogens is 5. The predicted molar refractivity (Wildman–Crippen MR) is 90.3 cm³/mol. The fraction of sp³-hybridized carbons (Fsp3) is 0.263. The first-order valence-corrected chi connectivity index (χ1v) is 8.26. The maximum absolute atomic E-state index is 13.8. The fourth-order valence-corrected chi connectivity index (χ4v) is 3.22. The van der Waals surface area contributed by atoms with E-state index in [-0.39, 0.29) is 6.54 Å². The van der Waals surface area contributed by atoms with Gasteiger partial charge in [-0.1, -0.05) is 18.2 Å². The van der Waals surface area contributed by atoms with E-state index >= 15 is 0 Å². The molecule has 3 rings (SSSR count). The predicted octanol–water partition coefficient (Wildman–Crippen LogP) is 3.79. The molecule has 2 aromatic rings. The first-order chi connectivity index (χ1) is 13.1. The van der Waals surface area contributed by atoms with Gasteiger partial charge in [0, 0.05) is 19.5 Å². The molecule has 0 radical (unpaired) electrons. The van der Waals surface area contributed by atoms with Gasteiger partial charge in [0.1, 0.15) is 5.92 Å². The lowest BCUT2D eigenvalue weighted by atomic mass is 9.87. The molecular weight excluding hydrogens is 383 g/mol. The highest BCUT2D eigenvalue weighted by atomic mass is 19.4. The summed E-state index contributed by atoms with van der Waals surface area (Å²) >= 11 is 0. The Kier molecular flexibility index (Phi) is 5.10. The summed E-state index contributed by atoms with van der Waals surface area (Å²) in [6.07, 6.45) is -4.51. The zero-order valence-corrected chi connectivity index (χ0v) is 14.6. The number of likely N-dealkylation sites (tertiary alicyclic amines) is 1. The Morgan fingerprint density at radius 2 is 1.75 bits per heavy atom. The molecule has 0 unspecified atom stereocenters. The lowest BCUT2D eigenvalue weighted by molar-refractivity contribution is -0.138. The monoisotopic (exact) mass is 398 g/mol. The molecule has 0 bridgehead atoms. The topological polar surface area (TPSA) is 49.4 Å². The number of hydrogen-bond donors (Lipinski definition) is 1. The number of benzene rings is 2. The maximum atomic E-state index is 13.8. The highest BCUT2D eigenvalue weighted by molar-refractivity contribution is 6.08. The summed E-state index contributed by atoms with van der Waals surface area (Å²) in [7, 11) is 1.45. The Bertz CT molecular complexity index is 912. The summed E-state index contributed by atoms with van der Waals surface area (Å²) in [5, 5.41) is 2.20. The van der Waals surface area contributed by atoms with Gasteiger partial charge in [-0.2, -0.15) is 13.2 Å². The first-order valence-electron chi connectivity index (χ1n) is 8.26. The van der Waals surface area contributed by atoms with Crippen molar-refractivity contribution in [1.82, 2.24) is 4.90 Å². The number of hydrogen-bond acceptors (Lipinski definition) is 2. The van der Waals surface area contributed by atoms with Crippen molar-refractivity contribution in [1.29, 1.82) is 0 Å². The summed E-state index contributed by atoms with van der Waals surface area (Å²) in [6, 6.07) is 7.39. The second-order valence-electron chi connectivity index (χ2n) is 6.51. The van der Waals surface area contributed by atoms with Crippen molar-refractivity contribution >= 4 is 17.5 Å². The summed E-state index contributed by atoms with van der Waals surface area (Å²) in [4.78, 5) is 26.3. The van der Waals surface area contributed by atoms with E-state index in [0.29, 0.717) is 5.56 Å². The van der Waals surface area contributed by atoms with Gasteiger partial charge in [0.2, 0.25) is 11.8 Å². The van der Waals surface area contributed by atoms with E-state index in [9.17, 15) is 31.5 Å². The quantitative estimate of drug-likeness (QED) is 0.632. The minimum absolute atomic E-state index is 0.105. The van der Waals surface area contributed by atoms with Gasteiger partial charge in [-0.3, -0.25) is 9.59 Å². The Balaban J connectivity index is 1.88. The molecule has 28 heavy (non-hydrogen) atoms. The fourth-order valence-electron chi connectivity index (χ4n) is 3.22. The molecule has 2 atom stereocenters. The molecule has 1 heterocycles. The molecule has 0 saturated carbocycles. The van der Waals surface area contributed by atoms with Crippen LogP contribution in [0.4, 0.5) is 27.6 Å². The number of nitrogens with one attached hydrogen (secondary N) is 1. The lowest BCUT2D eigenvalue weighted by Gasteiger charge is -2.18. The van der Waals surface area contributed by atoms with Gasteiger partial charge >= 0.3 is 6.18 Å². The van der Waals surface area contributed by atoms with Crippen LogP contribution >= 0.6 is 0 Å². The molecule has 1 saturated heterocycles. The second-order valence-corrected chi connectivity index (χ2v) is 6.51. The van der Waals surface area contributed by atoms with Gasteiger partial charge in [-0.15, -0.1) is 0 Å². The van der Waals surface area contributed by atoms with Crippen molar-refractivity contribution in [3.05, 3.63) is 65.2 Å². The molecule has 1 fully saturated rings. The summed E-state index contributed by atoms with van der Waals surface area (Å²) in [5.41, 5.74) is -0.902. The standard InChI is InChI=1S/C19H15F5N2O2/c1-26-9-12(10-5-7-11(8-6-10)19(22,23)24)15(18(26)28)17(27)25-14-4-2-3-13(20)16(14)21/h2-8,12,15H,9H2,1H3,(H,25,27)/t12-,15+/m1/s1. The van der Waals surface area contributed by atoms with Crippen LogP contribution in [0.2, 0.25) is 0 Å². The molecule has 2 amide bonds. The van der Waals surface area contributed by atoms with Gasteiger partial charge in [-0.05, 0) is 29.8 Å². The van der Waals surface area contributed by atoms with Crippen molar-refractivity contribution in [2.45, 2.75) is 12.1 Å². The van der Waals surface area contributed by atoms with Crippen molar-refractivity contribution in [2.75, 3.05) is 18.9 Å². The number of alkyl halides is 3. The molecule has 0 aromatic heterocycles. The Morgan fingerprint density at radius 3 is 2.36 bits per heavy atom. The van der Waals surface area contributed by atoms with Crippen LogP contribution in [0.5, 0.6) is 0 Å². The summed E-state index contributed by atoms with van der Waals surface area (Å²) < 4.78 is 65.4. The number of likely N-dealkylation sites (N-methyl/N-ethyl adjacent to an activating group) is 1. The molecular formula is C19H15F5N2O2. The van der Waals surface area contributed by atoms with E-state index in [1.807, 2.05) is 0 Å². The number of amides is 2. The van der Waals surface area contributed by atoms with E-state index in [1.165, 1.54) is 30.1 Å². The molecule has 1 aliphatic heterocycles. The largest absolute Gasteiger partial charge is 0.416 e. The zero-order chi connectivity index (χ0) is 20.6. The Morgan fingerprint density at radius 1 is 1.11 bits per heavy atom. The van der Waals surface area contributed by atoms with Gasteiger partial charge in [-0.25, -0.2) is 8.78 Å². The molecule has 0 aliphatic carbocycles. The Labute approximate surface area is 156 Å². The summed E-state index contributed by atoms with van der Waals surface area (Å²) in [5.74, 6) is -5.84. The maximum Gasteiger partial charge on any atom is 0.416 e. The average Bonchev–Trinajstić information content (AvgIpc) is 2.93. The third kappa shape index (κ3) is 3.69. The van der Waals surface area contributed by atoms with Crippen LogP contribution in [0.25, 0.3) is 0 Å². The number of anilines is 1. The van der Waals surface area contributed by atoms with E-state index in [1.54, 1.807) is 0 Å². The van der Waals surface area contributed by atoms with Crippen molar-refractivity contribution in [2.24, 2.45) is 5.92 Å². The molecule has 4 nitrogen and oxygen atoms in total. The van der Waals surface area contributed by atoms with Crippen LogP contribution in [0.15, 0.2) is 42.5 Å². The third-order valence-electron chi connectivity index (χ3n) is 4.67. The molecule has 2 aromatic carbocycles. The second kappa shape index (κ2) is 7.21. The van der Waals surface area contributed by atoms with Gasteiger partial charge < -0.3 is 10.2 Å². The van der Waals surface area contributed by atoms with Crippen LogP contribution < -0.4 is 5.32 Å². The minimum Gasteiger partial charge on any atom is -0.344 e. The van der Waals surface area contributed by atoms with Crippen LogP contribution in [-0.2, 0) is 15.8 Å². The van der Waals surface area contributed by atoms with E-state index in [0.717, 1.165) is 24.3 Å². The van der Waals surface area contributed by atoms with E-state index < -0.39 is 52.7 Å².